The number of benzene rings is 1. The normalized spacial score (nSPS) is 12.2. The van der Waals surface area contributed by atoms with E-state index in [1.165, 1.54) is 11.1 Å². The lowest BCUT2D eigenvalue weighted by atomic mass is 9.84. The van der Waals surface area contributed by atoms with E-state index in [0.717, 1.165) is 9.50 Å². The van der Waals surface area contributed by atoms with Crippen LogP contribution in [0.3, 0.4) is 0 Å². The van der Waals surface area contributed by atoms with Gasteiger partial charge in [0.15, 0.2) is 0 Å². The van der Waals surface area contributed by atoms with Gasteiger partial charge in [0.05, 0.1) is 6.61 Å². The lowest BCUT2D eigenvalue weighted by molar-refractivity contribution is 0.310. The monoisotopic (exact) mass is 333 g/mol. The molecule has 0 aromatic heterocycles. The van der Waals surface area contributed by atoms with E-state index in [9.17, 15) is 0 Å². The predicted molar refractivity (Wildman–Crippen MR) is 80.1 cm³/mol. The number of halogens is 2. The molecule has 0 N–H and O–H groups in total. The highest BCUT2D eigenvalue weighted by molar-refractivity contribution is 9.10. The molecule has 1 nitrogen and oxygen atoms in total. The summed E-state index contributed by atoms with van der Waals surface area (Å²) >= 11 is 9.93. The van der Waals surface area contributed by atoms with Crippen molar-refractivity contribution in [2.75, 3.05) is 0 Å². The van der Waals surface area contributed by atoms with Crippen LogP contribution in [-0.2, 0) is 16.4 Å². The first-order valence-electron chi connectivity index (χ1n) is 5.64. The summed E-state index contributed by atoms with van der Waals surface area (Å²) in [5, 5.41) is 0.820. The van der Waals surface area contributed by atoms with Crippen molar-refractivity contribution in [1.82, 2.24) is 0 Å². The van der Waals surface area contributed by atoms with Crippen molar-refractivity contribution in [3.63, 3.8) is 0 Å². The van der Waals surface area contributed by atoms with Crippen LogP contribution < -0.4 is 0 Å². The van der Waals surface area contributed by atoms with E-state index < -0.39 is 9.04 Å². The Morgan fingerprint density at radius 3 is 2.35 bits per heavy atom. The van der Waals surface area contributed by atoms with Crippen molar-refractivity contribution in [3.05, 3.63) is 32.8 Å². The summed E-state index contributed by atoms with van der Waals surface area (Å²) in [7, 11) is -0.687. The van der Waals surface area contributed by atoms with Crippen LogP contribution in [0.5, 0.6) is 0 Å². The summed E-state index contributed by atoms with van der Waals surface area (Å²) in [5.41, 5.74) is 2.38. The van der Waals surface area contributed by atoms with Crippen LogP contribution in [0.4, 0.5) is 0 Å². The van der Waals surface area contributed by atoms with Gasteiger partial charge < -0.3 is 4.43 Å². The molecule has 0 aliphatic carbocycles. The van der Waals surface area contributed by atoms with E-state index in [1.807, 2.05) is 12.1 Å². The zero-order chi connectivity index (χ0) is 13.2. The van der Waals surface area contributed by atoms with E-state index in [1.54, 1.807) is 0 Å². The molecule has 17 heavy (non-hydrogen) atoms. The molecule has 0 spiro atoms. The van der Waals surface area contributed by atoms with Crippen molar-refractivity contribution in [2.24, 2.45) is 0 Å². The van der Waals surface area contributed by atoms with Crippen LogP contribution in [0.15, 0.2) is 16.6 Å². The maximum absolute atomic E-state index is 6.33. The van der Waals surface area contributed by atoms with Gasteiger partial charge in [-0.3, -0.25) is 0 Å². The highest BCUT2D eigenvalue weighted by Gasteiger charge is 2.23. The fourth-order valence-corrected chi connectivity index (χ4v) is 3.10. The predicted octanol–water partition coefficient (Wildman–Crippen LogP) is 5.17. The Labute approximate surface area is 119 Å². The zero-order valence-electron chi connectivity index (χ0n) is 11.0. The van der Waals surface area contributed by atoms with Gasteiger partial charge in [-0.2, -0.15) is 0 Å². The molecule has 0 heterocycles. The SMILES string of the molecule is C[Si](C)OCc1c(Br)ccc(Cl)c1C(C)(C)C. The van der Waals surface area contributed by atoms with E-state index in [-0.39, 0.29) is 5.41 Å². The molecule has 0 saturated heterocycles. The third kappa shape index (κ3) is 4.09. The van der Waals surface area contributed by atoms with Crippen molar-refractivity contribution in [2.45, 2.75) is 45.9 Å². The molecular formula is C13H19BrClOSi. The second-order valence-corrected chi connectivity index (χ2v) is 8.70. The average Bonchev–Trinajstić information content (AvgIpc) is 2.17. The van der Waals surface area contributed by atoms with Crippen molar-refractivity contribution in [3.8, 4) is 0 Å². The molecule has 1 aromatic carbocycles. The summed E-state index contributed by atoms with van der Waals surface area (Å²) in [6.07, 6.45) is 0. The molecule has 95 valence electrons. The lowest BCUT2D eigenvalue weighted by Crippen LogP contribution is -2.17. The van der Waals surface area contributed by atoms with Gasteiger partial charge >= 0.3 is 0 Å². The second-order valence-electron chi connectivity index (χ2n) is 5.33. The molecule has 0 fully saturated rings. The summed E-state index contributed by atoms with van der Waals surface area (Å²) in [6.45, 7) is 11.4. The van der Waals surface area contributed by atoms with E-state index in [2.05, 4.69) is 49.8 Å². The highest BCUT2D eigenvalue weighted by Crippen LogP contribution is 2.36. The second kappa shape index (κ2) is 5.87. The first-order valence-corrected chi connectivity index (χ1v) is 9.21. The largest absolute Gasteiger partial charge is 0.413 e. The van der Waals surface area contributed by atoms with Gasteiger partial charge in [0.2, 0.25) is 9.04 Å². The Morgan fingerprint density at radius 1 is 1.29 bits per heavy atom. The molecule has 0 unspecified atom stereocenters. The molecular weight excluding hydrogens is 316 g/mol. The van der Waals surface area contributed by atoms with Gasteiger partial charge in [-0.15, -0.1) is 0 Å². The third-order valence-electron chi connectivity index (χ3n) is 2.46. The average molecular weight is 335 g/mol. The van der Waals surface area contributed by atoms with Crippen LogP contribution in [-0.4, -0.2) is 9.04 Å². The maximum Gasteiger partial charge on any atom is 0.205 e. The summed E-state index contributed by atoms with van der Waals surface area (Å²) in [4.78, 5) is 0. The summed E-state index contributed by atoms with van der Waals surface area (Å²) in [6, 6.07) is 3.94. The Bertz CT molecular complexity index is 399. The number of hydrogen-bond acceptors (Lipinski definition) is 1. The zero-order valence-corrected chi connectivity index (χ0v) is 14.4. The minimum atomic E-state index is -0.687. The highest BCUT2D eigenvalue weighted by atomic mass is 79.9. The molecule has 0 saturated carbocycles. The van der Waals surface area contributed by atoms with Gasteiger partial charge in [0, 0.05) is 9.50 Å². The minimum Gasteiger partial charge on any atom is -0.413 e. The Kier molecular flexibility index (Phi) is 5.26. The van der Waals surface area contributed by atoms with Crippen molar-refractivity contribution in [1.29, 1.82) is 0 Å². The van der Waals surface area contributed by atoms with Gasteiger partial charge in [-0.1, -0.05) is 48.3 Å². The Balaban J connectivity index is 3.21. The standard InChI is InChI=1S/C13H19BrClOSi/c1-13(2,3)12-9(8-16-17(4)5)10(14)6-7-11(12)15/h6-7H,8H2,1-5H3. The van der Waals surface area contributed by atoms with Crippen molar-refractivity contribution < 1.29 is 4.43 Å². The van der Waals surface area contributed by atoms with Crippen LogP contribution in [0.25, 0.3) is 0 Å². The van der Waals surface area contributed by atoms with Crippen LogP contribution in [0.1, 0.15) is 31.9 Å². The molecule has 0 atom stereocenters. The molecule has 1 aromatic rings. The van der Waals surface area contributed by atoms with Gasteiger partial charge in [0.25, 0.3) is 0 Å². The number of rotatable bonds is 3. The third-order valence-corrected chi connectivity index (χ3v) is 4.24. The fourth-order valence-electron chi connectivity index (χ4n) is 1.76. The maximum atomic E-state index is 6.33. The van der Waals surface area contributed by atoms with Crippen LogP contribution >= 0.6 is 27.5 Å². The summed E-state index contributed by atoms with van der Waals surface area (Å²) < 4.78 is 6.89. The van der Waals surface area contributed by atoms with Crippen molar-refractivity contribution >= 4 is 36.6 Å². The van der Waals surface area contributed by atoms with E-state index in [4.69, 9.17) is 16.0 Å². The molecule has 0 bridgehead atoms. The number of hydrogen-bond donors (Lipinski definition) is 0. The molecule has 0 aliphatic rings. The van der Waals surface area contributed by atoms with Gasteiger partial charge in [-0.25, -0.2) is 0 Å². The van der Waals surface area contributed by atoms with Gasteiger partial charge in [0.1, 0.15) is 0 Å². The first-order chi connectivity index (χ1) is 7.73. The fraction of sp³-hybridized carbons (Fsp3) is 0.538. The quantitative estimate of drug-likeness (QED) is 0.693. The Morgan fingerprint density at radius 2 is 1.88 bits per heavy atom. The molecule has 0 aliphatic heterocycles. The Hall–Kier alpha value is 0.167. The molecule has 1 rings (SSSR count). The minimum absolute atomic E-state index is 0.0218. The lowest BCUT2D eigenvalue weighted by Gasteiger charge is -2.25. The van der Waals surface area contributed by atoms with Crippen LogP contribution in [0.2, 0.25) is 18.1 Å². The van der Waals surface area contributed by atoms with Crippen LogP contribution in [0, 0.1) is 0 Å². The molecule has 4 heteroatoms. The van der Waals surface area contributed by atoms with E-state index in [0.29, 0.717) is 6.61 Å². The first kappa shape index (κ1) is 15.2. The smallest absolute Gasteiger partial charge is 0.205 e. The van der Waals surface area contributed by atoms with E-state index >= 15 is 0 Å². The van der Waals surface area contributed by atoms with Gasteiger partial charge in [-0.05, 0) is 41.8 Å². The molecule has 0 amide bonds. The summed E-state index contributed by atoms with van der Waals surface area (Å²) in [5.74, 6) is 0. The molecule has 1 radical (unpaired) electrons. The topological polar surface area (TPSA) is 9.23 Å².